The van der Waals surface area contributed by atoms with Crippen LogP contribution in [0, 0.1) is 0 Å². The van der Waals surface area contributed by atoms with Gasteiger partial charge in [0.25, 0.3) is 10.1 Å². The fraction of sp³-hybridized carbons (Fsp3) is 0.692. The minimum Gasteiger partial charge on any atom is -0.323 e. The molecule has 3 N–H and O–H groups in total. The Morgan fingerprint density at radius 3 is 2.14 bits per heavy atom. The quantitative estimate of drug-likeness (QED) is 0.257. The maximum absolute atomic E-state index is 11.0. The normalized spacial score (nSPS) is 14.9. The molecule has 0 aromatic heterocycles. The van der Waals surface area contributed by atoms with E-state index in [1.165, 1.54) is 5.57 Å². The Morgan fingerprint density at radius 1 is 1.14 bits per heavy atom. The van der Waals surface area contributed by atoms with Gasteiger partial charge in [-0.15, -0.1) is 0 Å². The fourth-order valence-electron chi connectivity index (χ4n) is 1.82. The Kier molecular flexibility index (Phi) is 8.66. The Balaban J connectivity index is 4.35. The van der Waals surface area contributed by atoms with Crippen molar-refractivity contribution < 1.29 is 27.3 Å². The van der Waals surface area contributed by atoms with Crippen LogP contribution in [0.2, 0.25) is 0 Å². The molecule has 0 radical (unpaired) electrons. The summed E-state index contributed by atoms with van der Waals surface area (Å²) in [7, 11) is -9.59. The van der Waals surface area contributed by atoms with Gasteiger partial charge in [-0.25, -0.2) is 0 Å². The van der Waals surface area contributed by atoms with Gasteiger partial charge in [0.1, 0.15) is 0 Å². The summed E-state index contributed by atoms with van der Waals surface area (Å²) in [5.41, 5.74) is 2.40. The molecule has 8 heteroatoms. The van der Waals surface area contributed by atoms with Gasteiger partial charge in [-0.3, -0.25) is 9.12 Å². The molecule has 0 aliphatic rings. The Morgan fingerprint density at radius 2 is 1.71 bits per heavy atom. The SMILES string of the molecule is CC(C)=CCCC(C)=CCCCC(P(=O)(O)O)S(=O)(=O)O. The van der Waals surface area contributed by atoms with E-state index in [4.69, 9.17) is 14.3 Å². The van der Waals surface area contributed by atoms with Gasteiger partial charge < -0.3 is 9.79 Å². The van der Waals surface area contributed by atoms with Crippen LogP contribution in [0.25, 0.3) is 0 Å². The largest absolute Gasteiger partial charge is 0.346 e. The second-order valence-corrected chi connectivity index (χ2v) is 9.11. The topological polar surface area (TPSA) is 112 Å². The maximum atomic E-state index is 11.0. The van der Waals surface area contributed by atoms with Crippen LogP contribution < -0.4 is 0 Å². The molecule has 0 saturated carbocycles. The highest BCUT2D eigenvalue weighted by Crippen LogP contribution is 2.46. The first-order valence-electron chi connectivity index (χ1n) is 6.75. The van der Waals surface area contributed by atoms with Crippen LogP contribution in [-0.4, -0.2) is 27.7 Å². The highest BCUT2D eigenvalue weighted by atomic mass is 32.2. The predicted molar refractivity (Wildman–Crippen MR) is 83.7 cm³/mol. The van der Waals surface area contributed by atoms with Crippen molar-refractivity contribution in [2.24, 2.45) is 0 Å². The molecule has 0 saturated heterocycles. The Hall–Kier alpha value is -0.460. The molecule has 21 heavy (non-hydrogen) atoms. The van der Waals surface area contributed by atoms with E-state index >= 15 is 0 Å². The maximum Gasteiger partial charge on any atom is 0.346 e. The lowest BCUT2D eigenvalue weighted by atomic mass is 10.1. The van der Waals surface area contributed by atoms with E-state index < -0.39 is 22.7 Å². The van der Waals surface area contributed by atoms with Crippen molar-refractivity contribution in [2.75, 3.05) is 0 Å². The Labute approximate surface area is 126 Å². The predicted octanol–water partition coefficient (Wildman–Crippen LogP) is 3.24. The zero-order chi connectivity index (χ0) is 16.7. The van der Waals surface area contributed by atoms with Gasteiger partial charge in [0.2, 0.25) is 0 Å². The molecule has 0 aromatic rings. The number of allylic oxidation sites excluding steroid dienone is 4. The lowest BCUT2D eigenvalue weighted by Gasteiger charge is -2.14. The summed E-state index contributed by atoms with van der Waals surface area (Å²) in [4.78, 5) is 15.9. The molecule has 0 aromatic carbocycles. The van der Waals surface area contributed by atoms with Crippen LogP contribution in [-0.2, 0) is 14.7 Å². The highest BCUT2D eigenvalue weighted by molar-refractivity contribution is 7.93. The van der Waals surface area contributed by atoms with Crippen molar-refractivity contribution in [3.8, 4) is 0 Å². The molecule has 0 spiro atoms. The first-order chi connectivity index (χ1) is 9.44. The van der Waals surface area contributed by atoms with Crippen LogP contribution in [0.3, 0.4) is 0 Å². The molecule has 0 aliphatic carbocycles. The average Bonchev–Trinajstić information content (AvgIpc) is 2.24. The first kappa shape index (κ1) is 20.5. The van der Waals surface area contributed by atoms with Crippen LogP contribution in [0.1, 0.15) is 52.9 Å². The van der Waals surface area contributed by atoms with E-state index in [1.807, 2.05) is 26.8 Å². The summed E-state index contributed by atoms with van der Waals surface area (Å²) < 4.78 is 41.8. The van der Waals surface area contributed by atoms with Gasteiger partial charge in [-0.1, -0.05) is 23.3 Å². The Bertz CT molecular complexity index is 525. The van der Waals surface area contributed by atoms with Crippen molar-refractivity contribution in [1.82, 2.24) is 0 Å². The van der Waals surface area contributed by atoms with E-state index in [1.54, 1.807) is 0 Å². The average molecular weight is 340 g/mol. The minimum absolute atomic E-state index is 0.263. The number of rotatable bonds is 9. The van der Waals surface area contributed by atoms with Gasteiger partial charge in [0, 0.05) is 0 Å². The number of hydrogen-bond donors (Lipinski definition) is 3. The standard InChI is InChI=1S/C13H25O6PS/c1-11(2)7-6-9-12(3)8-4-5-10-13(20(14,15)16)21(17,18)19/h7-8,13H,4-6,9-10H2,1-3H3,(H2,14,15,16)(H,17,18,19). The van der Waals surface area contributed by atoms with Crippen molar-refractivity contribution in [1.29, 1.82) is 0 Å². The zero-order valence-electron chi connectivity index (χ0n) is 12.7. The molecular weight excluding hydrogens is 315 g/mol. The zero-order valence-corrected chi connectivity index (χ0v) is 14.4. The lowest BCUT2D eigenvalue weighted by Crippen LogP contribution is -2.20. The van der Waals surface area contributed by atoms with E-state index in [0.29, 0.717) is 6.42 Å². The molecule has 124 valence electrons. The molecule has 0 rings (SSSR count). The minimum atomic E-state index is -4.86. The molecular formula is C13H25O6PS. The summed E-state index contributed by atoms with van der Waals surface area (Å²) >= 11 is 0. The van der Waals surface area contributed by atoms with E-state index in [0.717, 1.165) is 18.4 Å². The van der Waals surface area contributed by atoms with E-state index in [-0.39, 0.29) is 12.8 Å². The van der Waals surface area contributed by atoms with Crippen molar-refractivity contribution in [3.05, 3.63) is 23.3 Å². The summed E-state index contributed by atoms with van der Waals surface area (Å²) in [6.45, 7) is 6.01. The van der Waals surface area contributed by atoms with E-state index in [2.05, 4.69) is 6.08 Å². The third kappa shape index (κ3) is 9.98. The summed E-state index contributed by atoms with van der Waals surface area (Å²) in [6, 6.07) is 0. The lowest BCUT2D eigenvalue weighted by molar-refractivity contribution is 0.360. The molecule has 0 heterocycles. The summed E-state index contributed by atoms with van der Waals surface area (Å²) in [5, 5.41) is 0. The summed E-state index contributed by atoms with van der Waals surface area (Å²) in [5.74, 6) is 0. The van der Waals surface area contributed by atoms with Gasteiger partial charge in [-0.05, 0) is 52.9 Å². The van der Waals surface area contributed by atoms with Gasteiger partial charge in [-0.2, -0.15) is 8.42 Å². The third-order valence-corrected chi connectivity index (χ3v) is 6.51. The number of hydrogen-bond acceptors (Lipinski definition) is 3. The fourth-order valence-corrected chi connectivity index (χ4v) is 4.19. The third-order valence-electron chi connectivity index (χ3n) is 2.96. The van der Waals surface area contributed by atoms with Crippen LogP contribution in [0.15, 0.2) is 23.3 Å². The van der Waals surface area contributed by atoms with Crippen molar-refractivity contribution in [2.45, 2.75) is 57.9 Å². The van der Waals surface area contributed by atoms with E-state index in [9.17, 15) is 13.0 Å². The van der Waals surface area contributed by atoms with Gasteiger partial charge in [0.15, 0.2) is 4.99 Å². The second-order valence-electron chi connectivity index (χ2n) is 5.36. The van der Waals surface area contributed by atoms with Gasteiger partial charge >= 0.3 is 7.60 Å². The van der Waals surface area contributed by atoms with Crippen LogP contribution in [0.5, 0.6) is 0 Å². The first-order valence-corrected chi connectivity index (χ1v) is 9.93. The molecule has 6 nitrogen and oxygen atoms in total. The molecule has 1 atom stereocenters. The van der Waals surface area contributed by atoms with Crippen molar-refractivity contribution >= 4 is 17.7 Å². The molecule has 0 fully saturated rings. The van der Waals surface area contributed by atoms with Crippen molar-refractivity contribution in [3.63, 3.8) is 0 Å². The second kappa shape index (κ2) is 8.86. The molecule has 0 bridgehead atoms. The number of unbranched alkanes of at least 4 members (excludes halogenated alkanes) is 1. The molecule has 0 amide bonds. The summed E-state index contributed by atoms with van der Waals surface area (Å²) in [6.07, 6.45) is 6.42. The molecule has 1 unspecified atom stereocenters. The highest BCUT2D eigenvalue weighted by Gasteiger charge is 2.38. The monoisotopic (exact) mass is 340 g/mol. The molecule has 0 aliphatic heterocycles. The van der Waals surface area contributed by atoms with Crippen LogP contribution >= 0.6 is 7.60 Å². The van der Waals surface area contributed by atoms with Crippen LogP contribution in [0.4, 0.5) is 0 Å². The smallest absolute Gasteiger partial charge is 0.323 e. The van der Waals surface area contributed by atoms with Gasteiger partial charge in [0.05, 0.1) is 0 Å².